The quantitative estimate of drug-likeness (QED) is 0.598. The van der Waals surface area contributed by atoms with E-state index in [2.05, 4.69) is 10.00 Å². The van der Waals surface area contributed by atoms with Crippen molar-refractivity contribution in [1.82, 2.24) is 14.7 Å². The normalized spacial score (nSPS) is 15.7. The van der Waals surface area contributed by atoms with E-state index in [-0.39, 0.29) is 11.9 Å². The van der Waals surface area contributed by atoms with E-state index in [0.717, 1.165) is 25.1 Å². The van der Waals surface area contributed by atoms with Crippen LogP contribution in [0.1, 0.15) is 22.9 Å². The number of ether oxygens (including phenoxy) is 1. The van der Waals surface area contributed by atoms with Gasteiger partial charge in [0.2, 0.25) is 0 Å². The third-order valence-electron chi connectivity index (χ3n) is 4.60. The SMILES string of the molecule is COCC1c2c(cnn2C)CCN1Cc1ccc(F)cc1.O=C(O)C(F)(F)F.O=C(O)C(F)(F)F. The summed E-state index contributed by atoms with van der Waals surface area (Å²) in [5.41, 5.74) is 3.64. The first kappa shape index (κ1) is 29.8. The molecule has 15 heteroatoms. The summed E-state index contributed by atoms with van der Waals surface area (Å²) in [6, 6.07) is 6.91. The Bertz CT molecular complexity index is 951. The second-order valence-electron chi connectivity index (χ2n) is 7.10. The number of aromatic nitrogens is 2. The first-order valence-corrected chi connectivity index (χ1v) is 9.66. The molecule has 0 aliphatic carbocycles. The molecule has 0 bridgehead atoms. The maximum Gasteiger partial charge on any atom is 0.490 e. The summed E-state index contributed by atoms with van der Waals surface area (Å²) in [4.78, 5) is 20.2. The third-order valence-corrected chi connectivity index (χ3v) is 4.60. The number of rotatable bonds is 4. The zero-order valence-corrected chi connectivity index (χ0v) is 18.4. The molecule has 0 saturated carbocycles. The standard InChI is InChI=1S/C16H20FN3O.2C2HF3O2/c1-19-16-13(9-18-19)7-8-20(15(16)11-21-2)10-12-3-5-14(17)6-4-12;2*3-2(4,5)1(6)7/h3-6,9,15H,7-8,10-11H2,1-2H3;2*(H,6,7). The number of carboxylic acids is 2. The van der Waals surface area contributed by atoms with Gasteiger partial charge in [-0.2, -0.15) is 31.4 Å². The average molecular weight is 517 g/mol. The summed E-state index contributed by atoms with van der Waals surface area (Å²) in [5.74, 6) is -5.71. The van der Waals surface area contributed by atoms with Gasteiger partial charge in [0.25, 0.3) is 0 Å². The van der Waals surface area contributed by atoms with E-state index < -0.39 is 24.3 Å². The minimum Gasteiger partial charge on any atom is -0.475 e. The van der Waals surface area contributed by atoms with Crippen LogP contribution in [0.15, 0.2) is 30.5 Å². The molecule has 1 aromatic heterocycles. The molecule has 35 heavy (non-hydrogen) atoms. The first-order chi connectivity index (χ1) is 16.1. The van der Waals surface area contributed by atoms with Crippen molar-refractivity contribution in [2.24, 2.45) is 7.05 Å². The smallest absolute Gasteiger partial charge is 0.475 e. The Kier molecular flexibility index (Phi) is 10.6. The lowest BCUT2D eigenvalue weighted by Crippen LogP contribution is -2.38. The number of halogens is 7. The molecule has 1 aromatic carbocycles. The summed E-state index contributed by atoms with van der Waals surface area (Å²) < 4.78 is 83.8. The minimum atomic E-state index is -5.08. The number of nitrogens with zero attached hydrogens (tertiary/aromatic N) is 3. The second-order valence-corrected chi connectivity index (χ2v) is 7.10. The van der Waals surface area contributed by atoms with Crippen LogP contribution in [0.2, 0.25) is 0 Å². The van der Waals surface area contributed by atoms with Crippen LogP contribution < -0.4 is 0 Å². The van der Waals surface area contributed by atoms with Crippen molar-refractivity contribution in [3.63, 3.8) is 0 Å². The fourth-order valence-corrected chi connectivity index (χ4v) is 3.06. The van der Waals surface area contributed by atoms with Gasteiger partial charge in [0, 0.05) is 27.2 Å². The Morgan fingerprint density at radius 2 is 1.54 bits per heavy atom. The predicted octanol–water partition coefficient (Wildman–Crippen LogP) is 3.57. The molecule has 2 N–H and O–H groups in total. The lowest BCUT2D eigenvalue weighted by atomic mass is 9.99. The molecule has 2 heterocycles. The van der Waals surface area contributed by atoms with Gasteiger partial charge in [-0.3, -0.25) is 9.58 Å². The second kappa shape index (κ2) is 12.5. The number of alkyl halides is 6. The molecule has 0 amide bonds. The highest BCUT2D eigenvalue weighted by atomic mass is 19.4. The molecule has 0 radical (unpaired) electrons. The van der Waals surface area contributed by atoms with Gasteiger partial charge in [0.05, 0.1) is 24.5 Å². The zero-order chi connectivity index (χ0) is 27.0. The van der Waals surface area contributed by atoms with Crippen molar-refractivity contribution in [3.8, 4) is 0 Å². The monoisotopic (exact) mass is 517 g/mol. The van der Waals surface area contributed by atoms with Gasteiger partial charge >= 0.3 is 24.3 Å². The van der Waals surface area contributed by atoms with Gasteiger partial charge in [0.1, 0.15) is 5.82 Å². The van der Waals surface area contributed by atoms with Gasteiger partial charge < -0.3 is 14.9 Å². The summed E-state index contributed by atoms with van der Waals surface area (Å²) in [7, 11) is 3.70. The van der Waals surface area contributed by atoms with Crippen molar-refractivity contribution in [3.05, 3.63) is 53.1 Å². The van der Waals surface area contributed by atoms with Crippen LogP contribution in [0.4, 0.5) is 30.7 Å². The molecular weight excluding hydrogens is 495 g/mol. The van der Waals surface area contributed by atoms with E-state index >= 15 is 0 Å². The van der Waals surface area contributed by atoms with Crippen LogP contribution in [-0.2, 0) is 34.3 Å². The van der Waals surface area contributed by atoms with Crippen molar-refractivity contribution in [2.75, 3.05) is 20.3 Å². The van der Waals surface area contributed by atoms with Gasteiger partial charge in [-0.05, 0) is 29.7 Å². The highest BCUT2D eigenvalue weighted by Crippen LogP contribution is 2.30. The van der Waals surface area contributed by atoms with Crippen molar-refractivity contribution in [2.45, 2.75) is 31.4 Å². The van der Waals surface area contributed by atoms with Crippen LogP contribution >= 0.6 is 0 Å². The summed E-state index contributed by atoms with van der Waals surface area (Å²) in [6.07, 6.45) is -7.22. The fourth-order valence-electron chi connectivity index (χ4n) is 3.06. The maximum atomic E-state index is 13.0. The highest BCUT2D eigenvalue weighted by molar-refractivity contribution is 5.73. The van der Waals surface area contributed by atoms with Crippen LogP contribution in [0, 0.1) is 5.82 Å². The first-order valence-electron chi connectivity index (χ1n) is 9.66. The number of hydrogen-bond acceptors (Lipinski definition) is 5. The van der Waals surface area contributed by atoms with Crippen LogP contribution in [0.5, 0.6) is 0 Å². The topological polar surface area (TPSA) is 105 Å². The van der Waals surface area contributed by atoms with Crippen molar-refractivity contribution < 1.29 is 55.3 Å². The Balaban J connectivity index is 0.000000362. The van der Waals surface area contributed by atoms with Gasteiger partial charge in [-0.15, -0.1) is 0 Å². The Morgan fingerprint density at radius 1 is 1.06 bits per heavy atom. The molecule has 1 aliphatic heterocycles. The predicted molar refractivity (Wildman–Crippen MR) is 106 cm³/mol. The van der Waals surface area contributed by atoms with E-state index in [1.165, 1.54) is 23.4 Å². The number of benzene rings is 1. The Labute approximate surface area is 194 Å². The highest BCUT2D eigenvalue weighted by Gasteiger charge is 2.39. The van der Waals surface area contributed by atoms with E-state index in [1.54, 1.807) is 7.11 Å². The van der Waals surface area contributed by atoms with Gasteiger partial charge in [-0.25, -0.2) is 14.0 Å². The van der Waals surface area contributed by atoms with Crippen molar-refractivity contribution in [1.29, 1.82) is 0 Å². The van der Waals surface area contributed by atoms with E-state index in [9.17, 15) is 30.7 Å². The molecule has 0 fully saturated rings. The van der Waals surface area contributed by atoms with Crippen LogP contribution in [-0.4, -0.2) is 69.4 Å². The summed E-state index contributed by atoms with van der Waals surface area (Å²) in [5, 5.41) is 18.6. The molecule has 1 aliphatic rings. The van der Waals surface area contributed by atoms with E-state index in [4.69, 9.17) is 24.5 Å². The molecule has 0 saturated heterocycles. The van der Waals surface area contributed by atoms with Crippen LogP contribution in [0.3, 0.4) is 0 Å². The fraction of sp³-hybridized carbons (Fsp3) is 0.450. The molecule has 2 aromatic rings. The van der Waals surface area contributed by atoms with E-state index in [1.807, 2.05) is 30.1 Å². The molecule has 1 atom stereocenters. The maximum absolute atomic E-state index is 13.0. The Hall–Kier alpha value is -3.20. The van der Waals surface area contributed by atoms with Gasteiger partial charge in [-0.1, -0.05) is 12.1 Å². The summed E-state index contributed by atoms with van der Waals surface area (Å²) >= 11 is 0. The molecule has 1 unspecified atom stereocenters. The molecule has 196 valence electrons. The number of hydrogen-bond donors (Lipinski definition) is 2. The average Bonchev–Trinajstić information content (AvgIpc) is 3.12. The number of fused-ring (bicyclic) bond motifs is 1. The number of carboxylic acid groups (broad SMARTS) is 2. The zero-order valence-electron chi connectivity index (χ0n) is 18.4. The Morgan fingerprint density at radius 3 is 1.97 bits per heavy atom. The minimum absolute atomic E-state index is 0.191. The molecular formula is C20H22F7N3O5. The third kappa shape index (κ3) is 9.52. The number of carbonyl (C=O) groups is 2. The van der Waals surface area contributed by atoms with Gasteiger partial charge in [0.15, 0.2) is 0 Å². The van der Waals surface area contributed by atoms with Crippen LogP contribution in [0.25, 0.3) is 0 Å². The van der Waals surface area contributed by atoms with Crippen molar-refractivity contribution >= 4 is 11.9 Å². The lowest BCUT2D eigenvalue weighted by molar-refractivity contribution is -0.193. The lowest BCUT2D eigenvalue weighted by Gasteiger charge is -2.35. The largest absolute Gasteiger partial charge is 0.490 e. The number of aryl methyl sites for hydroxylation is 1. The summed E-state index contributed by atoms with van der Waals surface area (Å²) in [6.45, 7) is 2.39. The number of methoxy groups -OCH3 is 1. The molecule has 3 rings (SSSR count). The number of aliphatic carboxylic acids is 2. The molecule has 0 spiro atoms. The van der Waals surface area contributed by atoms with E-state index in [0.29, 0.717) is 6.61 Å². The molecule has 8 nitrogen and oxygen atoms in total.